The summed E-state index contributed by atoms with van der Waals surface area (Å²) in [5, 5.41) is 6.97. The minimum Gasteiger partial charge on any atom is -0.369 e. The van der Waals surface area contributed by atoms with Crippen molar-refractivity contribution in [1.29, 1.82) is 0 Å². The summed E-state index contributed by atoms with van der Waals surface area (Å²) in [6, 6.07) is 12.6. The molecule has 2 heterocycles. The van der Waals surface area contributed by atoms with Crippen molar-refractivity contribution in [2.75, 3.05) is 36.0 Å². The lowest BCUT2D eigenvalue weighted by molar-refractivity contribution is 0.0940. The highest BCUT2D eigenvalue weighted by Crippen LogP contribution is 2.29. The number of halogens is 2. The first-order valence-corrected chi connectivity index (χ1v) is 9.93. The zero-order valence-corrected chi connectivity index (χ0v) is 16.6. The van der Waals surface area contributed by atoms with E-state index in [-0.39, 0.29) is 18.0 Å². The molecule has 0 aromatic heterocycles. The molecule has 2 aromatic carbocycles. The van der Waals surface area contributed by atoms with Gasteiger partial charge in [-0.15, -0.1) is 0 Å². The van der Waals surface area contributed by atoms with Crippen LogP contribution in [0.15, 0.2) is 42.5 Å². The molecule has 3 amide bonds. The minimum absolute atomic E-state index is 0.0423. The molecule has 2 fully saturated rings. The summed E-state index contributed by atoms with van der Waals surface area (Å²) >= 11 is 12.3. The molecular formula is C20H20Cl2N4O2. The van der Waals surface area contributed by atoms with E-state index in [1.807, 2.05) is 24.3 Å². The van der Waals surface area contributed by atoms with Crippen LogP contribution in [0.2, 0.25) is 10.0 Å². The average molecular weight is 419 g/mol. The molecule has 0 radical (unpaired) electrons. The van der Waals surface area contributed by atoms with Crippen molar-refractivity contribution in [3.8, 4) is 0 Å². The van der Waals surface area contributed by atoms with E-state index in [1.54, 1.807) is 23.1 Å². The first-order valence-electron chi connectivity index (χ1n) is 9.17. The fraction of sp³-hybridized carbons (Fsp3) is 0.300. The van der Waals surface area contributed by atoms with E-state index in [0.29, 0.717) is 34.4 Å². The summed E-state index contributed by atoms with van der Waals surface area (Å²) in [7, 11) is 0. The molecule has 0 bridgehead atoms. The van der Waals surface area contributed by atoms with Crippen LogP contribution < -0.4 is 20.4 Å². The molecular weight excluding hydrogens is 399 g/mol. The fourth-order valence-corrected chi connectivity index (χ4v) is 4.02. The van der Waals surface area contributed by atoms with Crippen molar-refractivity contribution in [3.05, 3.63) is 58.1 Å². The van der Waals surface area contributed by atoms with Crippen LogP contribution in [0.1, 0.15) is 16.8 Å². The third-order valence-corrected chi connectivity index (χ3v) is 5.61. The molecule has 0 unspecified atom stereocenters. The number of rotatable bonds is 4. The van der Waals surface area contributed by atoms with Gasteiger partial charge in [0.1, 0.15) is 0 Å². The molecule has 2 aromatic rings. The number of nitrogens with zero attached hydrogens (tertiary/aromatic N) is 2. The van der Waals surface area contributed by atoms with Crippen LogP contribution in [0.3, 0.4) is 0 Å². The number of benzene rings is 2. The number of urea groups is 1. The molecule has 146 valence electrons. The van der Waals surface area contributed by atoms with Gasteiger partial charge in [0.25, 0.3) is 5.91 Å². The summed E-state index contributed by atoms with van der Waals surface area (Å²) < 4.78 is 0. The number of hydrogen-bond donors (Lipinski definition) is 2. The van der Waals surface area contributed by atoms with E-state index in [1.165, 1.54) is 0 Å². The summed E-state index contributed by atoms with van der Waals surface area (Å²) in [5.74, 6) is -0.171. The molecule has 4 rings (SSSR count). The predicted octanol–water partition coefficient (Wildman–Crippen LogP) is 3.53. The van der Waals surface area contributed by atoms with Gasteiger partial charge >= 0.3 is 6.03 Å². The molecule has 6 nitrogen and oxygen atoms in total. The van der Waals surface area contributed by atoms with Crippen molar-refractivity contribution < 1.29 is 9.59 Å². The Hall–Kier alpha value is -2.44. The van der Waals surface area contributed by atoms with Crippen LogP contribution in [0, 0.1) is 0 Å². The van der Waals surface area contributed by atoms with Gasteiger partial charge in [-0.25, -0.2) is 4.79 Å². The fourth-order valence-electron chi connectivity index (χ4n) is 3.62. The third-order valence-electron chi connectivity index (χ3n) is 5.05. The average Bonchev–Trinajstić information content (AvgIpc) is 3.31. The molecule has 28 heavy (non-hydrogen) atoms. The normalized spacial score (nSPS) is 19.1. The van der Waals surface area contributed by atoms with E-state index in [4.69, 9.17) is 23.2 Å². The van der Waals surface area contributed by atoms with Crippen molar-refractivity contribution in [2.24, 2.45) is 0 Å². The maximum Gasteiger partial charge on any atom is 0.322 e. The summed E-state index contributed by atoms with van der Waals surface area (Å²) in [4.78, 5) is 28.4. The molecule has 0 saturated carbocycles. The van der Waals surface area contributed by atoms with Crippen molar-refractivity contribution in [3.63, 3.8) is 0 Å². The van der Waals surface area contributed by atoms with Crippen LogP contribution in [0.5, 0.6) is 0 Å². The first kappa shape index (κ1) is 18.9. The summed E-state index contributed by atoms with van der Waals surface area (Å²) in [6.45, 7) is 2.67. The number of nitrogens with one attached hydrogen (secondary N) is 2. The Labute approximate surface area is 173 Å². The zero-order valence-electron chi connectivity index (χ0n) is 15.1. The quantitative estimate of drug-likeness (QED) is 0.797. The van der Waals surface area contributed by atoms with E-state index in [0.717, 1.165) is 25.2 Å². The second-order valence-electron chi connectivity index (χ2n) is 6.93. The first-order chi connectivity index (χ1) is 13.5. The number of carbonyl (C=O) groups is 2. The van der Waals surface area contributed by atoms with Gasteiger partial charge < -0.3 is 15.5 Å². The summed E-state index contributed by atoms with van der Waals surface area (Å²) in [5.41, 5.74) is 2.09. The number of anilines is 2. The van der Waals surface area contributed by atoms with Crippen LogP contribution in [0.25, 0.3) is 0 Å². The Bertz CT molecular complexity index is 921. The van der Waals surface area contributed by atoms with E-state index in [9.17, 15) is 9.59 Å². The topological polar surface area (TPSA) is 64.7 Å². The highest BCUT2D eigenvalue weighted by atomic mass is 35.5. The minimum atomic E-state index is -0.201. The van der Waals surface area contributed by atoms with E-state index < -0.39 is 0 Å². The molecule has 8 heteroatoms. The Morgan fingerprint density at radius 1 is 1.14 bits per heavy atom. The van der Waals surface area contributed by atoms with Crippen molar-refractivity contribution in [1.82, 2.24) is 10.6 Å². The lowest BCUT2D eigenvalue weighted by atomic mass is 10.1. The van der Waals surface area contributed by atoms with Gasteiger partial charge in [-0.3, -0.25) is 9.69 Å². The van der Waals surface area contributed by atoms with Crippen molar-refractivity contribution in [2.45, 2.75) is 12.5 Å². The molecule has 2 saturated heterocycles. The Balaban J connectivity index is 1.44. The van der Waals surface area contributed by atoms with Gasteiger partial charge in [0.05, 0.1) is 10.7 Å². The number of amides is 3. The van der Waals surface area contributed by atoms with Gasteiger partial charge in [0, 0.05) is 48.5 Å². The second kappa shape index (κ2) is 7.89. The number of carbonyl (C=O) groups excluding carboxylic acids is 2. The van der Waals surface area contributed by atoms with E-state index in [2.05, 4.69) is 15.5 Å². The van der Waals surface area contributed by atoms with Crippen LogP contribution >= 0.6 is 23.2 Å². The Morgan fingerprint density at radius 2 is 2.00 bits per heavy atom. The lowest BCUT2D eigenvalue weighted by Crippen LogP contribution is -2.37. The molecule has 2 aliphatic heterocycles. The van der Waals surface area contributed by atoms with Gasteiger partial charge in [0.2, 0.25) is 0 Å². The molecule has 1 atom stereocenters. The van der Waals surface area contributed by atoms with Crippen LogP contribution in [0.4, 0.5) is 16.2 Å². The van der Waals surface area contributed by atoms with Gasteiger partial charge in [-0.05, 0) is 42.8 Å². The van der Waals surface area contributed by atoms with Gasteiger partial charge in [-0.2, -0.15) is 0 Å². The van der Waals surface area contributed by atoms with Crippen LogP contribution in [-0.4, -0.2) is 44.2 Å². The largest absolute Gasteiger partial charge is 0.369 e. The highest BCUT2D eigenvalue weighted by Gasteiger charge is 2.27. The number of hydrogen-bond acceptors (Lipinski definition) is 3. The maximum absolute atomic E-state index is 12.7. The standard InChI is InChI=1S/C20H20Cl2N4O2/c21-14-2-1-3-16(11-14)25-8-6-15(12-25)24-19(27)13-4-5-17(22)18(10-13)26-9-7-23-20(26)28/h1-5,10-11,15H,6-9,12H2,(H,23,28)(H,24,27)/t15-/m1/s1. The van der Waals surface area contributed by atoms with Crippen LogP contribution in [-0.2, 0) is 0 Å². The molecule has 0 spiro atoms. The maximum atomic E-state index is 12.7. The summed E-state index contributed by atoms with van der Waals surface area (Å²) in [6.07, 6.45) is 0.854. The SMILES string of the molecule is O=C(N[C@@H]1CCN(c2cccc(Cl)c2)C1)c1ccc(Cl)c(N2CCNC2=O)c1. The second-order valence-corrected chi connectivity index (χ2v) is 7.78. The van der Waals surface area contributed by atoms with Gasteiger partial charge in [0.15, 0.2) is 0 Å². The highest BCUT2D eigenvalue weighted by molar-refractivity contribution is 6.34. The van der Waals surface area contributed by atoms with E-state index >= 15 is 0 Å². The molecule has 0 aliphatic carbocycles. The third kappa shape index (κ3) is 3.88. The lowest BCUT2D eigenvalue weighted by Gasteiger charge is -2.20. The molecule has 2 N–H and O–H groups in total. The van der Waals surface area contributed by atoms with Gasteiger partial charge in [-0.1, -0.05) is 29.3 Å². The predicted molar refractivity (Wildman–Crippen MR) is 112 cm³/mol. The monoisotopic (exact) mass is 418 g/mol. The Morgan fingerprint density at radius 3 is 2.75 bits per heavy atom. The van der Waals surface area contributed by atoms with Crippen molar-refractivity contribution >= 4 is 46.5 Å². The smallest absolute Gasteiger partial charge is 0.322 e. The molecule has 2 aliphatic rings. The Kier molecular flexibility index (Phi) is 5.33. The zero-order chi connectivity index (χ0) is 19.7.